The lowest BCUT2D eigenvalue weighted by Crippen LogP contribution is -2.01. The predicted octanol–water partition coefficient (Wildman–Crippen LogP) is -0.0853. The van der Waals surface area contributed by atoms with Crippen LogP contribution in [0.3, 0.4) is 0 Å². The van der Waals surface area contributed by atoms with Crippen molar-refractivity contribution in [1.82, 2.24) is 11.0 Å². The molecule has 0 unspecified atom stereocenters. The van der Waals surface area contributed by atoms with Crippen LogP contribution in [-0.2, 0) is 9.68 Å². The maximum atomic E-state index is 4.47. The van der Waals surface area contributed by atoms with Crippen molar-refractivity contribution in [2.75, 3.05) is 14.2 Å². The second kappa shape index (κ2) is 7.04. The molecule has 0 atom stereocenters. The van der Waals surface area contributed by atoms with Gasteiger partial charge in [-0.3, -0.25) is 20.6 Å². The second-order valence-electron chi connectivity index (χ2n) is 1.10. The van der Waals surface area contributed by atoms with Crippen LogP contribution < -0.4 is 11.0 Å². The highest BCUT2D eigenvalue weighted by Gasteiger charge is 1.61. The van der Waals surface area contributed by atoms with Gasteiger partial charge in [0.2, 0.25) is 0 Å². The van der Waals surface area contributed by atoms with Crippen LogP contribution in [0.5, 0.6) is 0 Å². The Balaban J connectivity index is 3.18. The molecule has 0 aromatic carbocycles. The molecule has 4 heteroatoms. The Bertz CT molecular complexity index is 97.5. The summed E-state index contributed by atoms with van der Waals surface area (Å²) in [7, 11) is 3.03. The molecule has 0 aliphatic rings. The van der Waals surface area contributed by atoms with E-state index in [-0.39, 0.29) is 0 Å². The summed E-state index contributed by atoms with van der Waals surface area (Å²) in [5, 5.41) is 0. The van der Waals surface area contributed by atoms with Crippen molar-refractivity contribution in [2.45, 2.75) is 0 Å². The van der Waals surface area contributed by atoms with Gasteiger partial charge in [-0.1, -0.05) is 5.73 Å². The SMILES string of the molecule is CONC=C=CNOC. The molecule has 4 nitrogen and oxygen atoms in total. The first-order valence-electron chi connectivity index (χ1n) is 2.38. The first-order chi connectivity index (χ1) is 4.41. The lowest BCUT2D eigenvalue weighted by Gasteiger charge is -1.89. The van der Waals surface area contributed by atoms with Gasteiger partial charge in [-0.25, -0.2) is 0 Å². The van der Waals surface area contributed by atoms with Gasteiger partial charge in [0.05, 0.1) is 26.6 Å². The van der Waals surface area contributed by atoms with Crippen molar-refractivity contribution in [3.05, 3.63) is 18.1 Å². The minimum atomic E-state index is 1.49. The Morgan fingerprint density at radius 2 is 1.56 bits per heavy atom. The summed E-state index contributed by atoms with van der Waals surface area (Å²) in [6, 6.07) is 0. The Morgan fingerprint density at radius 3 is 1.89 bits per heavy atom. The Morgan fingerprint density at radius 1 is 1.11 bits per heavy atom. The van der Waals surface area contributed by atoms with Crippen molar-refractivity contribution < 1.29 is 9.68 Å². The van der Waals surface area contributed by atoms with Gasteiger partial charge in [-0.15, -0.1) is 0 Å². The van der Waals surface area contributed by atoms with E-state index in [1.807, 2.05) is 0 Å². The molecular weight excluding hydrogens is 120 g/mol. The zero-order valence-electron chi connectivity index (χ0n) is 5.47. The molecule has 0 heterocycles. The standard InChI is InChI=1S/C5H10N2O2/c1-8-6-4-3-5-7-9-2/h4-7H,1-2H3. The molecule has 0 spiro atoms. The fourth-order valence-corrected chi connectivity index (χ4v) is 0.228. The molecule has 0 saturated carbocycles. The van der Waals surface area contributed by atoms with Gasteiger partial charge in [0.1, 0.15) is 0 Å². The van der Waals surface area contributed by atoms with Crippen LogP contribution in [0.25, 0.3) is 0 Å². The molecule has 52 valence electrons. The van der Waals surface area contributed by atoms with Crippen LogP contribution in [0.1, 0.15) is 0 Å². The molecule has 0 aliphatic carbocycles. The fraction of sp³-hybridized carbons (Fsp3) is 0.400. The van der Waals surface area contributed by atoms with E-state index in [0.29, 0.717) is 0 Å². The van der Waals surface area contributed by atoms with Crippen molar-refractivity contribution >= 4 is 0 Å². The third kappa shape index (κ3) is 7.04. The van der Waals surface area contributed by atoms with Gasteiger partial charge < -0.3 is 0 Å². The maximum absolute atomic E-state index is 4.47. The monoisotopic (exact) mass is 130 g/mol. The van der Waals surface area contributed by atoms with E-state index in [1.165, 1.54) is 26.6 Å². The maximum Gasteiger partial charge on any atom is 0.0677 e. The van der Waals surface area contributed by atoms with E-state index < -0.39 is 0 Å². The van der Waals surface area contributed by atoms with Crippen molar-refractivity contribution in [2.24, 2.45) is 0 Å². The molecule has 2 N–H and O–H groups in total. The number of nitrogens with one attached hydrogen (secondary N) is 2. The van der Waals surface area contributed by atoms with E-state index in [9.17, 15) is 0 Å². The summed E-state index contributed by atoms with van der Waals surface area (Å²) in [6.07, 6.45) is 2.98. The average Bonchev–Trinajstić information content (AvgIpc) is 1.89. The molecule has 9 heavy (non-hydrogen) atoms. The third-order valence-electron chi connectivity index (χ3n) is 0.520. The highest BCUT2D eigenvalue weighted by molar-refractivity contribution is 4.76. The van der Waals surface area contributed by atoms with Crippen LogP contribution in [0.4, 0.5) is 0 Å². The number of rotatable bonds is 4. The number of hydrogen-bond donors (Lipinski definition) is 2. The molecule has 0 fully saturated rings. The highest BCUT2D eigenvalue weighted by Crippen LogP contribution is 1.59. The van der Waals surface area contributed by atoms with E-state index in [4.69, 9.17) is 0 Å². The zero-order valence-corrected chi connectivity index (χ0v) is 5.47. The summed E-state index contributed by atoms with van der Waals surface area (Å²) < 4.78 is 0. The smallest absolute Gasteiger partial charge is 0.0677 e. The van der Waals surface area contributed by atoms with Gasteiger partial charge in [0.25, 0.3) is 0 Å². The van der Waals surface area contributed by atoms with Crippen molar-refractivity contribution in [3.63, 3.8) is 0 Å². The van der Waals surface area contributed by atoms with Gasteiger partial charge in [-0.2, -0.15) is 0 Å². The highest BCUT2D eigenvalue weighted by atomic mass is 16.6. The quantitative estimate of drug-likeness (QED) is 0.412. The molecule has 0 radical (unpaired) electrons. The topological polar surface area (TPSA) is 42.5 Å². The summed E-state index contributed by atoms with van der Waals surface area (Å²) in [4.78, 5) is 8.93. The van der Waals surface area contributed by atoms with Crippen LogP contribution in [0, 0.1) is 0 Å². The van der Waals surface area contributed by atoms with E-state index in [0.717, 1.165) is 0 Å². The lowest BCUT2D eigenvalue weighted by atomic mass is 10.8. The summed E-state index contributed by atoms with van der Waals surface area (Å²) in [5.41, 5.74) is 7.55. The molecular formula is C5H10N2O2. The fourth-order valence-electron chi connectivity index (χ4n) is 0.228. The van der Waals surface area contributed by atoms with Crippen molar-refractivity contribution in [3.8, 4) is 0 Å². The van der Waals surface area contributed by atoms with Crippen LogP contribution in [0.2, 0.25) is 0 Å². The van der Waals surface area contributed by atoms with E-state index in [2.05, 4.69) is 26.4 Å². The predicted molar refractivity (Wildman–Crippen MR) is 32.9 cm³/mol. The molecule has 0 aliphatic heterocycles. The molecule has 0 amide bonds. The Kier molecular flexibility index (Phi) is 6.29. The normalized spacial score (nSPS) is 7.33. The minimum absolute atomic E-state index is 1.49. The Hall–Kier alpha value is -0.960. The molecule has 0 bridgehead atoms. The first kappa shape index (κ1) is 8.04. The van der Waals surface area contributed by atoms with Crippen LogP contribution in [0.15, 0.2) is 18.1 Å². The van der Waals surface area contributed by atoms with Crippen LogP contribution in [-0.4, -0.2) is 14.2 Å². The largest absolute Gasteiger partial charge is 0.279 e. The van der Waals surface area contributed by atoms with Crippen LogP contribution >= 0.6 is 0 Å². The molecule has 0 aromatic rings. The molecule has 0 saturated heterocycles. The molecule has 0 rings (SSSR count). The number of hydrogen-bond acceptors (Lipinski definition) is 4. The zero-order chi connectivity index (χ0) is 6.95. The second-order valence-corrected chi connectivity index (χ2v) is 1.10. The van der Waals surface area contributed by atoms with E-state index >= 15 is 0 Å². The number of hydroxylamine groups is 2. The Labute approximate surface area is 54.1 Å². The third-order valence-corrected chi connectivity index (χ3v) is 0.520. The van der Waals surface area contributed by atoms with Gasteiger partial charge in [0.15, 0.2) is 0 Å². The minimum Gasteiger partial charge on any atom is -0.279 e. The summed E-state index contributed by atoms with van der Waals surface area (Å²) in [5.74, 6) is 0. The van der Waals surface area contributed by atoms with Gasteiger partial charge >= 0.3 is 0 Å². The van der Waals surface area contributed by atoms with E-state index in [1.54, 1.807) is 0 Å². The van der Waals surface area contributed by atoms with Gasteiger partial charge in [0, 0.05) is 0 Å². The summed E-state index contributed by atoms with van der Waals surface area (Å²) >= 11 is 0. The molecule has 0 aromatic heterocycles. The van der Waals surface area contributed by atoms with Crippen molar-refractivity contribution in [1.29, 1.82) is 0 Å². The average molecular weight is 130 g/mol. The summed E-state index contributed by atoms with van der Waals surface area (Å²) in [6.45, 7) is 0. The van der Waals surface area contributed by atoms with Gasteiger partial charge in [-0.05, 0) is 0 Å². The lowest BCUT2D eigenvalue weighted by molar-refractivity contribution is 0.125. The first-order valence-corrected chi connectivity index (χ1v) is 2.38.